The van der Waals surface area contributed by atoms with Gasteiger partial charge in [-0.15, -0.1) is 0 Å². The third-order valence-corrected chi connectivity index (χ3v) is 5.19. The van der Waals surface area contributed by atoms with E-state index in [1.807, 2.05) is 30.3 Å². The molecular formula is C20H31N3O3. The second-order valence-electron chi connectivity index (χ2n) is 6.81. The highest BCUT2D eigenvalue weighted by atomic mass is 16.4. The van der Waals surface area contributed by atoms with Crippen LogP contribution in [0.1, 0.15) is 45.1 Å². The van der Waals surface area contributed by atoms with Crippen LogP contribution >= 0.6 is 0 Å². The molecule has 0 heterocycles. The number of nitrogens with zero attached hydrogens (tertiary/aromatic N) is 1. The van der Waals surface area contributed by atoms with Crippen molar-refractivity contribution in [3.8, 4) is 6.07 Å². The zero-order chi connectivity index (χ0) is 19.4. The van der Waals surface area contributed by atoms with Crippen molar-refractivity contribution >= 4 is 6.09 Å². The third-order valence-electron chi connectivity index (χ3n) is 5.19. The average Bonchev–Trinajstić information content (AvgIpc) is 2.64. The van der Waals surface area contributed by atoms with E-state index in [1.54, 1.807) is 0 Å². The second-order valence-corrected chi connectivity index (χ2v) is 6.81. The van der Waals surface area contributed by atoms with Crippen LogP contribution in [-0.2, 0) is 6.42 Å². The van der Waals surface area contributed by atoms with E-state index in [2.05, 4.69) is 30.6 Å². The molecule has 0 spiro atoms. The van der Waals surface area contributed by atoms with E-state index >= 15 is 0 Å². The molecule has 0 aliphatic carbocycles. The molecule has 0 saturated heterocycles. The lowest BCUT2D eigenvalue weighted by Crippen LogP contribution is -2.49. The lowest BCUT2D eigenvalue weighted by molar-refractivity contribution is 0.111. The largest absolute Gasteiger partial charge is 0.465 e. The zero-order valence-electron chi connectivity index (χ0n) is 15.7. The first-order chi connectivity index (χ1) is 12.5. The highest BCUT2D eigenvalue weighted by Gasteiger charge is 2.27. The number of carbonyl (C=O) groups is 1. The van der Waals surface area contributed by atoms with Gasteiger partial charge in [-0.25, -0.2) is 4.79 Å². The van der Waals surface area contributed by atoms with Crippen LogP contribution in [-0.4, -0.2) is 41.5 Å². The average molecular weight is 361 g/mol. The van der Waals surface area contributed by atoms with Crippen LogP contribution in [0.15, 0.2) is 30.3 Å². The van der Waals surface area contributed by atoms with Crippen LogP contribution in [0.4, 0.5) is 4.79 Å². The van der Waals surface area contributed by atoms with Crippen LogP contribution in [0, 0.1) is 16.7 Å². The fourth-order valence-corrected chi connectivity index (χ4v) is 3.20. The molecule has 0 bridgehead atoms. The van der Waals surface area contributed by atoms with E-state index in [0.717, 1.165) is 24.8 Å². The number of amides is 1. The number of hydrogen-bond donors (Lipinski definition) is 4. The minimum atomic E-state index is -1.14. The van der Waals surface area contributed by atoms with Gasteiger partial charge >= 0.3 is 6.09 Å². The Labute approximate surface area is 156 Å². The van der Waals surface area contributed by atoms with Gasteiger partial charge in [-0.1, -0.05) is 44.2 Å². The molecule has 0 aliphatic heterocycles. The van der Waals surface area contributed by atoms with Crippen LogP contribution in [0.5, 0.6) is 0 Å². The number of nitriles is 1. The first-order valence-corrected chi connectivity index (χ1v) is 9.25. The summed E-state index contributed by atoms with van der Waals surface area (Å²) in [5, 5.41) is 34.1. The number of carboxylic acid groups (broad SMARTS) is 1. The minimum Gasteiger partial charge on any atom is -0.465 e. The van der Waals surface area contributed by atoms with Gasteiger partial charge in [-0.2, -0.15) is 5.26 Å². The fourth-order valence-electron chi connectivity index (χ4n) is 3.20. The molecule has 0 radical (unpaired) electrons. The Morgan fingerprint density at radius 2 is 1.92 bits per heavy atom. The van der Waals surface area contributed by atoms with Gasteiger partial charge in [0.2, 0.25) is 0 Å². The number of hydrogen-bond acceptors (Lipinski definition) is 4. The van der Waals surface area contributed by atoms with Crippen LogP contribution in [0.2, 0.25) is 0 Å². The molecule has 0 aromatic heterocycles. The molecule has 0 fully saturated rings. The van der Waals surface area contributed by atoms with Crippen molar-refractivity contribution in [2.24, 2.45) is 5.41 Å². The molecule has 0 aliphatic rings. The minimum absolute atomic E-state index is 0.0323. The lowest BCUT2D eigenvalue weighted by atomic mass is 9.78. The van der Waals surface area contributed by atoms with Crippen molar-refractivity contribution in [3.63, 3.8) is 0 Å². The molecule has 0 saturated carbocycles. The van der Waals surface area contributed by atoms with Crippen molar-refractivity contribution in [2.75, 3.05) is 13.1 Å². The molecule has 1 aromatic carbocycles. The number of nitrogens with one attached hydrogen (secondary N) is 2. The molecular weight excluding hydrogens is 330 g/mol. The smallest absolute Gasteiger partial charge is 0.404 e. The van der Waals surface area contributed by atoms with Crippen molar-refractivity contribution in [3.05, 3.63) is 35.9 Å². The van der Waals surface area contributed by atoms with Crippen molar-refractivity contribution in [1.82, 2.24) is 10.6 Å². The third kappa shape index (κ3) is 7.42. The summed E-state index contributed by atoms with van der Waals surface area (Å²) in [6, 6.07) is 11.1. The number of aliphatic hydroxyl groups excluding tert-OH is 1. The van der Waals surface area contributed by atoms with Gasteiger partial charge in [0.25, 0.3) is 0 Å². The van der Waals surface area contributed by atoms with Crippen molar-refractivity contribution in [1.29, 1.82) is 5.26 Å². The summed E-state index contributed by atoms with van der Waals surface area (Å²) in [7, 11) is 0. The summed E-state index contributed by atoms with van der Waals surface area (Å²) < 4.78 is 0. The van der Waals surface area contributed by atoms with E-state index in [9.17, 15) is 9.90 Å². The predicted molar refractivity (Wildman–Crippen MR) is 102 cm³/mol. The molecule has 26 heavy (non-hydrogen) atoms. The maximum Gasteiger partial charge on any atom is 0.404 e. The molecule has 1 amide bonds. The Balaban J connectivity index is 2.63. The molecule has 6 heteroatoms. The monoisotopic (exact) mass is 361 g/mol. The number of aliphatic hydroxyl groups is 1. The van der Waals surface area contributed by atoms with Gasteiger partial charge in [0.15, 0.2) is 0 Å². The van der Waals surface area contributed by atoms with Gasteiger partial charge in [0.1, 0.15) is 0 Å². The summed E-state index contributed by atoms with van der Waals surface area (Å²) >= 11 is 0. The maximum atomic E-state index is 11.1. The SMILES string of the molecule is CCC(CC)(CCC#N)CNC[C@H](O)[C@H](Cc1ccccc1)NC(=O)O. The van der Waals surface area contributed by atoms with E-state index in [1.165, 1.54) is 0 Å². The van der Waals surface area contributed by atoms with Gasteiger partial charge < -0.3 is 20.8 Å². The quantitative estimate of drug-likeness (QED) is 0.458. The van der Waals surface area contributed by atoms with E-state index < -0.39 is 18.2 Å². The van der Waals surface area contributed by atoms with Crippen molar-refractivity contribution in [2.45, 2.75) is 58.1 Å². The molecule has 6 nitrogen and oxygen atoms in total. The first kappa shape index (κ1) is 21.9. The van der Waals surface area contributed by atoms with Crippen LogP contribution in [0.3, 0.4) is 0 Å². The predicted octanol–water partition coefficient (Wildman–Crippen LogP) is 2.93. The maximum absolute atomic E-state index is 11.1. The van der Waals surface area contributed by atoms with Crippen LogP contribution in [0.25, 0.3) is 0 Å². The molecule has 1 rings (SSSR count). The Morgan fingerprint density at radius 3 is 2.46 bits per heavy atom. The summed E-state index contributed by atoms with van der Waals surface area (Å²) in [6.45, 7) is 5.22. The van der Waals surface area contributed by atoms with Crippen LogP contribution < -0.4 is 10.6 Å². The zero-order valence-corrected chi connectivity index (χ0v) is 15.7. The molecule has 144 valence electrons. The Morgan fingerprint density at radius 1 is 1.27 bits per heavy atom. The van der Waals surface area contributed by atoms with E-state index in [0.29, 0.717) is 25.9 Å². The Hall–Kier alpha value is -2.10. The standard InChI is InChI=1S/C20H31N3O3/c1-3-20(4-2,11-8-12-21)15-22-14-18(24)17(23-19(25)26)13-16-9-6-5-7-10-16/h5-7,9-10,17-18,22-24H,3-4,8,11,13-15H2,1-2H3,(H,25,26)/t17-,18-/m0/s1. The van der Waals surface area contributed by atoms with Gasteiger partial charge in [0, 0.05) is 19.5 Å². The lowest BCUT2D eigenvalue weighted by Gasteiger charge is -2.32. The molecule has 4 N–H and O–H groups in total. The molecule has 2 atom stereocenters. The number of benzene rings is 1. The highest BCUT2D eigenvalue weighted by Crippen LogP contribution is 2.31. The summed E-state index contributed by atoms with van der Waals surface area (Å²) in [5.74, 6) is 0. The first-order valence-electron chi connectivity index (χ1n) is 9.25. The van der Waals surface area contributed by atoms with E-state index in [4.69, 9.17) is 10.4 Å². The van der Waals surface area contributed by atoms with Crippen molar-refractivity contribution < 1.29 is 15.0 Å². The van der Waals surface area contributed by atoms with Gasteiger partial charge in [-0.05, 0) is 36.7 Å². The molecule has 0 unspecified atom stereocenters. The summed E-state index contributed by atoms with van der Waals surface area (Å²) in [4.78, 5) is 11.1. The summed E-state index contributed by atoms with van der Waals surface area (Å²) in [6.07, 6.45) is 1.69. The van der Waals surface area contributed by atoms with E-state index in [-0.39, 0.29) is 5.41 Å². The van der Waals surface area contributed by atoms with Gasteiger partial charge in [-0.3, -0.25) is 0 Å². The second kappa shape index (κ2) is 11.5. The normalized spacial score (nSPS) is 13.6. The number of rotatable bonds is 12. The summed E-state index contributed by atoms with van der Waals surface area (Å²) in [5.41, 5.74) is 1.00. The Kier molecular flexibility index (Phi) is 9.71. The Bertz CT molecular complexity index is 567. The van der Waals surface area contributed by atoms with Gasteiger partial charge in [0.05, 0.1) is 18.2 Å². The fraction of sp³-hybridized carbons (Fsp3) is 0.600. The molecule has 1 aromatic rings. The topological polar surface area (TPSA) is 105 Å². The highest BCUT2D eigenvalue weighted by molar-refractivity contribution is 5.65.